The van der Waals surface area contributed by atoms with Crippen LogP contribution in [0.4, 0.5) is 5.69 Å². The van der Waals surface area contributed by atoms with E-state index in [1.807, 2.05) is 19.9 Å². The predicted molar refractivity (Wildman–Crippen MR) is 106 cm³/mol. The summed E-state index contributed by atoms with van der Waals surface area (Å²) in [5, 5.41) is 2.61. The van der Waals surface area contributed by atoms with Gasteiger partial charge in [0.25, 0.3) is 17.7 Å². The van der Waals surface area contributed by atoms with Crippen LogP contribution in [-0.4, -0.2) is 41.2 Å². The number of rotatable bonds is 7. The molecule has 29 heavy (non-hydrogen) atoms. The number of ether oxygens (including phenoxy) is 1. The van der Waals surface area contributed by atoms with Crippen molar-refractivity contribution in [2.24, 2.45) is 5.92 Å². The van der Waals surface area contributed by atoms with Gasteiger partial charge in [-0.05, 0) is 36.6 Å². The highest BCUT2D eigenvalue weighted by molar-refractivity contribution is 6.22. The maximum atomic E-state index is 12.7. The molecule has 2 aromatic carbocycles. The van der Waals surface area contributed by atoms with Crippen molar-refractivity contribution in [3.05, 3.63) is 65.7 Å². The molecule has 0 unspecified atom stereocenters. The topological polar surface area (TPSA) is 92.8 Å². The first-order valence-corrected chi connectivity index (χ1v) is 9.37. The first-order chi connectivity index (χ1) is 13.9. The van der Waals surface area contributed by atoms with Gasteiger partial charge in [0, 0.05) is 5.69 Å². The molecule has 1 aliphatic rings. The van der Waals surface area contributed by atoms with Crippen molar-refractivity contribution in [1.29, 1.82) is 0 Å². The molecule has 1 N–H and O–H groups in total. The number of nitrogens with zero attached hydrogens (tertiary/aromatic N) is 1. The number of imide groups is 1. The molecule has 0 spiro atoms. The van der Waals surface area contributed by atoms with Crippen LogP contribution in [0, 0.1) is 5.92 Å². The minimum absolute atomic E-state index is 0.0232. The predicted octanol–water partition coefficient (Wildman–Crippen LogP) is 2.88. The Kier molecular flexibility index (Phi) is 6.07. The highest BCUT2D eigenvalue weighted by Crippen LogP contribution is 2.27. The molecule has 0 aromatic heterocycles. The van der Waals surface area contributed by atoms with E-state index in [9.17, 15) is 19.2 Å². The summed E-state index contributed by atoms with van der Waals surface area (Å²) >= 11 is 0. The van der Waals surface area contributed by atoms with Crippen LogP contribution in [0.15, 0.2) is 54.6 Å². The highest BCUT2D eigenvalue weighted by atomic mass is 16.5. The van der Waals surface area contributed by atoms with Gasteiger partial charge in [0.2, 0.25) is 0 Å². The number of carbonyl (C=O) groups is 4. The highest BCUT2D eigenvalue weighted by Gasteiger charge is 2.43. The molecule has 3 amide bonds. The second-order valence-corrected chi connectivity index (χ2v) is 7.19. The summed E-state index contributed by atoms with van der Waals surface area (Å²) in [4.78, 5) is 51.2. The van der Waals surface area contributed by atoms with E-state index >= 15 is 0 Å². The fraction of sp³-hybridized carbons (Fsp3) is 0.273. The Hall–Kier alpha value is -3.48. The zero-order valence-corrected chi connectivity index (χ0v) is 16.3. The summed E-state index contributed by atoms with van der Waals surface area (Å²) < 4.78 is 5.15. The number of fused-ring (bicyclic) bond motifs is 1. The van der Waals surface area contributed by atoms with Crippen LogP contribution in [0.2, 0.25) is 0 Å². The van der Waals surface area contributed by atoms with Gasteiger partial charge < -0.3 is 10.1 Å². The van der Waals surface area contributed by atoms with Gasteiger partial charge in [0.15, 0.2) is 6.61 Å². The smallest absolute Gasteiger partial charge is 0.329 e. The lowest BCUT2D eigenvalue weighted by atomic mass is 10.0. The Labute approximate surface area is 168 Å². The average Bonchev–Trinajstić information content (AvgIpc) is 2.96. The Morgan fingerprint density at radius 3 is 2.03 bits per heavy atom. The van der Waals surface area contributed by atoms with Crippen LogP contribution in [0.25, 0.3) is 0 Å². The third-order valence-corrected chi connectivity index (χ3v) is 4.51. The van der Waals surface area contributed by atoms with E-state index in [0.717, 1.165) is 4.90 Å². The quantitative estimate of drug-likeness (QED) is 0.576. The monoisotopic (exact) mass is 394 g/mol. The minimum atomic E-state index is -1.09. The van der Waals surface area contributed by atoms with Gasteiger partial charge in [-0.2, -0.15) is 0 Å². The van der Waals surface area contributed by atoms with E-state index in [2.05, 4.69) is 5.32 Å². The number of hydrogen-bond donors (Lipinski definition) is 1. The van der Waals surface area contributed by atoms with E-state index in [4.69, 9.17) is 4.74 Å². The summed E-state index contributed by atoms with van der Waals surface area (Å²) in [6.45, 7) is 3.24. The normalized spacial score (nSPS) is 14.0. The van der Waals surface area contributed by atoms with E-state index in [1.165, 1.54) is 0 Å². The van der Waals surface area contributed by atoms with Crippen molar-refractivity contribution in [3.8, 4) is 0 Å². The molecule has 1 aliphatic heterocycles. The Bertz CT molecular complexity index is 904. The maximum absolute atomic E-state index is 12.7. The summed E-state index contributed by atoms with van der Waals surface area (Å²) in [6, 6.07) is 14.1. The van der Waals surface area contributed by atoms with E-state index < -0.39 is 36.3 Å². The summed E-state index contributed by atoms with van der Waals surface area (Å²) in [5.74, 6) is -2.31. The van der Waals surface area contributed by atoms with Crippen LogP contribution in [0.5, 0.6) is 0 Å². The molecule has 150 valence electrons. The molecular formula is C22H22N2O5. The number of carbonyl (C=O) groups excluding carboxylic acids is 4. The van der Waals surface area contributed by atoms with Gasteiger partial charge in [-0.1, -0.05) is 44.2 Å². The van der Waals surface area contributed by atoms with Crippen molar-refractivity contribution in [3.63, 3.8) is 0 Å². The van der Waals surface area contributed by atoms with Crippen LogP contribution >= 0.6 is 0 Å². The van der Waals surface area contributed by atoms with Crippen LogP contribution in [0.3, 0.4) is 0 Å². The lowest BCUT2D eigenvalue weighted by molar-refractivity contribution is -0.151. The number of para-hydroxylation sites is 1. The number of amides is 3. The molecule has 2 aromatic rings. The van der Waals surface area contributed by atoms with Gasteiger partial charge in [0.1, 0.15) is 6.04 Å². The van der Waals surface area contributed by atoms with Crippen molar-refractivity contribution in [1.82, 2.24) is 4.90 Å². The summed E-state index contributed by atoms with van der Waals surface area (Å²) in [5.41, 5.74) is 1.11. The third kappa shape index (κ3) is 4.51. The van der Waals surface area contributed by atoms with Gasteiger partial charge in [-0.25, -0.2) is 4.79 Å². The molecule has 0 saturated heterocycles. The molecule has 0 saturated carbocycles. The Morgan fingerprint density at radius 1 is 0.931 bits per heavy atom. The van der Waals surface area contributed by atoms with E-state index in [1.54, 1.807) is 48.5 Å². The fourth-order valence-corrected chi connectivity index (χ4v) is 3.20. The van der Waals surface area contributed by atoms with Crippen molar-refractivity contribution in [2.75, 3.05) is 11.9 Å². The first kappa shape index (κ1) is 20.3. The van der Waals surface area contributed by atoms with Crippen molar-refractivity contribution < 1.29 is 23.9 Å². The Morgan fingerprint density at radius 2 is 1.48 bits per heavy atom. The molecule has 0 aliphatic carbocycles. The fourth-order valence-electron chi connectivity index (χ4n) is 3.20. The van der Waals surface area contributed by atoms with Crippen LogP contribution in [0.1, 0.15) is 41.0 Å². The lowest BCUT2D eigenvalue weighted by Crippen LogP contribution is -2.46. The van der Waals surface area contributed by atoms with Gasteiger partial charge in [-0.3, -0.25) is 19.3 Å². The average molecular weight is 394 g/mol. The molecule has 0 radical (unpaired) electrons. The summed E-state index contributed by atoms with van der Waals surface area (Å²) in [7, 11) is 0. The molecule has 3 rings (SSSR count). The van der Waals surface area contributed by atoms with Gasteiger partial charge in [-0.15, -0.1) is 0 Å². The molecule has 7 nitrogen and oxygen atoms in total. The molecule has 0 fully saturated rings. The number of benzene rings is 2. The summed E-state index contributed by atoms with van der Waals surface area (Å²) in [6.07, 6.45) is 0.241. The third-order valence-electron chi connectivity index (χ3n) is 4.51. The number of anilines is 1. The number of hydrogen-bond acceptors (Lipinski definition) is 5. The molecule has 1 atom stereocenters. The zero-order chi connectivity index (χ0) is 21.0. The molecule has 0 bridgehead atoms. The lowest BCUT2D eigenvalue weighted by Gasteiger charge is -2.25. The minimum Gasteiger partial charge on any atom is -0.454 e. The maximum Gasteiger partial charge on any atom is 0.329 e. The Balaban J connectivity index is 1.70. The standard InChI is InChI=1S/C22H22N2O5/c1-14(2)12-18(24-20(26)16-10-6-7-11-17(16)21(24)27)22(28)29-13-19(25)23-15-8-4-3-5-9-15/h3-11,14,18H,12-13H2,1-2H3,(H,23,25)/t18-/m0/s1. The molecular weight excluding hydrogens is 372 g/mol. The first-order valence-electron chi connectivity index (χ1n) is 9.37. The molecule has 1 heterocycles. The van der Waals surface area contributed by atoms with E-state index in [0.29, 0.717) is 5.69 Å². The number of esters is 1. The van der Waals surface area contributed by atoms with Crippen LogP contribution < -0.4 is 5.32 Å². The largest absolute Gasteiger partial charge is 0.454 e. The SMILES string of the molecule is CC(C)C[C@@H](C(=O)OCC(=O)Nc1ccccc1)N1C(=O)c2ccccc2C1=O. The number of nitrogens with one attached hydrogen (secondary N) is 1. The second-order valence-electron chi connectivity index (χ2n) is 7.19. The van der Waals surface area contributed by atoms with Gasteiger partial charge >= 0.3 is 5.97 Å². The van der Waals surface area contributed by atoms with Gasteiger partial charge in [0.05, 0.1) is 11.1 Å². The van der Waals surface area contributed by atoms with E-state index in [-0.39, 0.29) is 23.5 Å². The van der Waals surface area contributed by atoms with Crippen molar-refractivity contribution >= 4 is 29.4 Å². The second kappa shape index (κ2) is 8.68. The van der Waals surface area contributed by atoms with Crippen LogP contribution in [-0.2, 0) is 14.3 Å². The van der Waals surface area contributed by atoms with Crippen molar-refractivity contribution in [2.45, 2.75) is 26.3 Å². The molecule has 7 heteroatoms. The zero-order valence-electron chi connectivity index (χ0n) is 16.3.